The van der Waals surface area contributed by atoms with Crippen molar-refractivity contribution in [2.75, 3.05) is 26.4 Å². The van der Waals surface area contributed by atoms with E-state index in [1.807, 2.05) is 63.2 Å². The normalized spacial score (nSPS) is 19.4. The maximum Gasteiger partial charge on any atom is 0.410 e. The van der Waals surface area contributed by atoms with E-state index < -0.39 is 5.60 Å². The molecule has 0 unspecified atom stereocenters. The number of ether oxygens (including phenoxy) is 4. The molecule has 1 aromatic carbocycles. The summed E-state index contributed by atoms with van der Waals surface area (Å²) >= 11 is 0. The van der Waals surface area contributed by atoms with E-state index in [2.05, 4.69) is 4.98 Å². The Hall–Kier alpha value is -2.64. The van der Waals surface area contributed by atoms with Crippen LogP contribution < -0.4 is 4.74 Å². The van der Waals surface area contributed by atoms with Crippen LogP contribution in [0.1, 0.15) is 39.0 Å². The zero-order valence-corrected chi connectivity index (χ0v) is 17.7. The van der Waals surface area contributed by atoms with Gasteiger partial charge in [0, 0.05) is 23.7 Å². The van der Waals surface area contributed by atoms with Crippen LogP contribution in [0.5, 0.6) is 5.88 Å². The van der Waals surface area contributed by atoms with Crippen molar-refractivity contribution in [3.8, 4) is 17.1 Å². The predicted molar refractivity (Wildman–Crippen MR) is 111 cm³/mol. The molecule has 1 amide bonds. The summed E-state index contributed by atoms with van der Waals surface area (Å²) in [6.45, 7) is 7.90. The van der Waals surface area contributed by atoms with Crippen molar-refractivity contribution in [1.82, 2.24) is 9.88 Å². The van der Waals surface area contributed by atoms with Gasteiger partial charge in [-0.3, -0.25) is 0 Å². The van der Waals surface area contributed by atoms with E-state index in [0.29, 0.717) is 32.2 Å². The van der Waals surface area contributed by atoms with Crippen LogP contribution >= 0.6 is 0 Å². The molecule has 1 aromatic heterocycles. The molecule has 2 saturated heterocycles. The first-order valence-electron chi connectivity index (χ1n) is 10.3. The second-order valence-corrected chi connectivity index (χ2v) is 8.49. The van der Waals surface area contributed by atoms with Crippen LogP contribution in [0.2, 0.25) is 0 Å². The van der Waals surface area contributed by atoms with E-state index in [1.54, 1.807) is 4.90 Å². The van der Waals surface area contributed by atoms with E-state index >= 15 is 0 Å². The number of rotatable bonds is 5. The van der Waals surface area contributed by atoms with E-state index in [9.17, 15) is 4.79 Å². The highest BCUT2D eigenvalue weighted by molar-refractivity contribution is 5.69. The molecule has 160 valence electrons. The Labute approximate surface area is 176 Å². The van der Waals surface area contributed by atoms with Gasteiger partial charge in [-0.1, -0.05) is 24.3 Å². The van der Waals surface area contributed by atoms with Gasteiger partial charge in [-0.25, -0.2) is 9.78 Å². The molecule has 30 heavy (non-hydrogen) atoms. The molecular formula is C23H28N2O5. The number of benzene rings is 1. The lowest BCUT2D eigenvalue weighted by molar-refractivity contribution is -0.0440. The number of hydrogen-bond donors (Lipinski definition) is 0. The lowest BCUT2D eigenvalue weighted by Gasteiger charge is -2.40. The Morgan fingerprint density at radius 3 is 2.63 bits per heavy atom. The van der Waals surface area contributed by atoms with Crippen LogP contribution in [0, 0.1) is 0 Å². The van der Waals surface area contributed by atoms with Gasteiger partial charge in [0.2, 0.25) is 5.88 Å². The highest BCUT2D eigenvalue weighted by Crippen LogP contribution is 2.28. The molecule has 7 nitrogen and oxygen atoms in total. The molecule has 0 saturated carbocycles. The van der Waals surface area contributed by atoms with Gasteiger partial charge >= 0.3 is 6.09 Å². The molecule has 0 bridgehead atoms. The van der Waals surface area contributed by atoms with Gasteiger partial charge in [0.1, 0.15) is 12.2 Å². The molecule has 0 N–H and O–H groups in total. The minimum atomic E-state index is -0.503. The molecule has 0 spiro atoms. The first-order valence-corrected chi connectivity index (χ1v) is 10.3. The second kappa shape index (κ2) is 8.62. The van der Waals surface area contributed by atoms with E-state index in [0.717, 1.165) is 23.2 Å². The summed E-state index contributed by atoms with van der Waals surface area (Å²) in [6.07, 6.45) is 0.279. The van der Waals surface area contributed by atoms with Gasteiger partial charge in [-0.2, -0.15) is 0 Å². The van der Waals surface area contributed by atoms with Crippen molar-refractivity contribution in [3.05, 3.63) is 48.0 Å². The minimum absolute atomic E-state index is 0.00491. The molecule has 0 aliphatic carbocycles. The molecular weight excluding hydrogens is 384 g/mol. The van der Waals surface area contributed by atoms with Crippen molar-refractivity contribution in [2.24, 2.45) is 0 Å². The number of carbonyl (C=O) groups excluding carboxylic acids is 1. The molecule has 2 aromatic rings. The number of pyridine rings is 1. The summed E-state index contributed by atoms with van der Waals surface area (Å²) in [4.78, 5) is 18.6. The molecule has 1 atom stereocenters. The van der Waals surface area contributed by atoms with Crippen LogP contribution in [0.25, 0.3) is 11.3 Å². The minimum Gasteiger partial charge on any atom is -0.475 e. The van der Waals surface area contributed by atoms with E-state index in [4.69, 9.17) is 18.9 Å². The summed E-state index contributed by atoms with van der Waals surface area (Å²) in [6, 6.07) is 13.7. The van der Waals surface area contributed by atoms with Crippen molar-refractivity contribution in [1.29, 1.82) is 0 Å². The Bertz CT molecular complexity index is 889. The fourth-order valence-electron chi connectivity index (χ4n) is 3.41. The summed E-state index contributed by atoms with van der Waals surface area (Å²) in [5, 5.41) is 0. The Kier molecular flexibility index (Phi) is 5.92. The highest BCUT2D eigenvalue weighted by Gasteiger charge is 2.35. The first-order chi connectivity index (χ1) is 14.4. The van der Waals surface area contributed by atoms with Gasteiger partial charge in [0.05, 0.1) is 24.9 Å². The van der Waals surface area contributed by atoms with Crippen LogP contribution in [-0.2, 0) is 14.2 Å². The maximum atomic E-state index is 12.3. The summed E-state index contributed by atoms with van der Waals surface area (Å²) in [5.74, 6) is 0.530. The largest absolute Gasteiger partial charge is 0.475 e. The third-order valence-corrected chi connectivity index (χ3v) is 5.00. The summed E-state index contributed by atoms with van der Waals surface area (Å²) in [5.41, 5.74) is 2.25. The maximum absolute atomic E-state index is 12.3. The first kappa shape index (κ1) is 20.6. The SMILES string of the molecule is CC(C)(C)OC(=O)N1CC[C@H]1COc1cccc(-c2cccc(C3OCCO3)c2)n1. The molecule has 3 heterocycles. The smallest absolute Gasteiger partial charge is 0.410 e. The van der Waals surface area contributed by atoms with Crippen molar-refractivity contribution in [3.63, 3.8) is 0 Å². The average Bonchev–Trinajstić information content (AvgIpc) is 3.21. The predicted octanol–water partition coefficient (Wildman–Crippen LogP) is 4.18. The fourth-order valence-corrected chi connectivity index (χ4v) is 3.41. The monoisotopic (exact) mass is 412 g/mol. The highest BCUT2D eigenvalue weighted by atomic mass is 16.7. The van der Waals surface area contributed by atoms with Gasteiger partial charge < -0.3 is 23.8 Å². The molecule has 7 heteroatoms. The van der Waals surface area contributed by atoms with E-state index in [-0.39, 0.29) is 18.4 Å². The zero-order valence-electron chi connectivity index (χ0n) is 17.7. The molecule has 4 rings (SSSR count). The third-order valence-electron chi connectivity index (χ3n) is 5.00. The molecule has 0 radical (unpaired) electrons. The number of carbonyl (C=O) groups is 1. The van der Waals surface area contributed by atoms with Crippen LogP contribution in [0.3, 0.4) is 0 Å². The van der Waals surface area contributed by atoms with Crippen molar-refractivity contribution < 1.29 is 23.7 Å². The van der Waals surface area contributed by atoms with Crippen molar-refractivity contribution in [2.45, 2.75) is 45.1 Å². The Balaban J connectivity index is 1.38. The molecule has 2 aliphatic heterocycles. The number of amides is 1. The Morgan fingerprint density at radius 2 is 1.93 bits per heavy atom. The zero-order chi connectivity index (χ0) is 21.1. The number of aromatic nitrogens is 1. The van der Waals surface area contributed by atoms with Gasteiger partial charge in [-0.15, -0.1) is 0 Å². The van der Waals surface area contributed by atoms with Crippen LogP contribution in [0.15, 0.2) is 42.5 Å². The van der Waals surface area contributed by atoms with Gasteiger partial charge in [0.25, 0.3) is 0 Å². The third kappa shape index (κ3) is 4.91. The van der Waals surface area contributed by atoms with Crippen LogP contribution in [-0.4, -0.2) is 54.0 Å². The lowest BCUT2D eigenvalue weighted by atomic mass is 10.1. The van der Waals surface area contributed by atoms with Crippen LogP contribution in [0.4, 0.5) is 4.79 Å². The average molecular weight is 412 g/mol. The number of hydrogen-bond acceptors (Lipinski definition) is 6. The Morgan fingerprint density at radius 1 is 1.17 bits per heavy atom. The standard InChI is InChI=1S/C23H28N2O5/c1-23(2,3)30-22(26)25-11-10-18(25)15-29-20-9-5-8-19(24-20)16-6-4-7-17(14-16)21-27-12-13-28-21/h4-9,14,18,21H,10-13,15H2,1-3H3/t18-/m0/s1. The number of nitrogens with zero attached hydrogens (tertiary/aromatic N) is 2. The quantitative estimate of drug-likeness (QED) is 0.734. The number of likely N-dealkylation sites (tertiary alicyclic amines) is 1. The summed E-state index contributed by atoms with van der Waals surface area (Å²) in [7, 11) is 0. The fraction of sp³-hybridized carbons (Fsp3) is 0.478. The van der Waals surface area contributed by atoms with Gasteiger partial charge in [0.15, 0.2) is 6.29 Å². The lowest BCUT2D eigenvalue weighted by Crippen LogP contribution is -2.55. The molecule has 2 aliphatic rings. The topological polar surface area (TPSA) is 70.1 Å². The molecule has 2 fully saturated rings. The van der Waals surface area contributed by atoms with E-state index in [1.165, 1.54) is 0 Å². The van der Waals surface area contributed by atoms with Crippen molar-refractivity contribution >= 4 is 6.09 Å². The summed E-state index contributed by atoms with van der Waals surface area (Å²) < 4.78 is 22.5. The second-order valence-electron chi connectivity index (χ2n) is 8.49. The van der Waals surface area contributed by atoms with Gasteiger partial charge in [-0.05, 0) is 39.3 Å².